The predicted octanol–water partition coefficient (Wildman–Crippen LogP) is 3.49. The zero-order valence-corrected chi connectivity index (χ0v) is 15.5. The van der Waals surface area contributed by atoms with Gasteiger partial charge in [-0.2, -0.15) is 0 Å². The third-order valence-corrected chi connectivity index (χ3v) is 5.23. The number of aromatic hydroxyl groups is 1. The Bertz CT molecular complexity index is 1440. The van der Waals surface area contributed by atoms with E-state index >= 15 is 0 Å². The number of phenols is 1. The van der Waals surface area contributed by atoms with E-state index in [0.29, 0.717) is 38.7 Å². The molecule has 0 spiro atoms. The minimum Gasteiger partial charge on any atom is -0.508 e. The second-order valence-electron chi connectivity index (χ2n) is 6.88. The molecular formula is C21H13N3O6. The van der Waals surface area contributed by atoms with E-state index < -0.39 is 16.7 Å². The monoisotopic (exact) mass is 403 g/mol. The standard InChI is InChI=1S/C21H13N3O6/c1-30-16-5-2-9(24(28)29)6-11(16)12-8-15-17(19-18(12)20(26)23-21(19)27)13-7-10(25)3-4-14(13)22-15/h2-8,22,25H,1H3,(H,23,26,27). The summed E-state index contributed by atoms with van der Waals surface area (Å²) in [5.41, 5.74) is 1.94. The number of nitrogens with one attached hydrogen (secondary N) is 2. The smallest absolute Gasteiger partial charge is 0.270 e. The minimum atomic E-state index is -0.602. The lowest BCUT2D eigenvalue weighted by atomic mass is 9.92. The van der Waals surface area contributed by atoms with Crippen LogP contribution in [0, 0.1) is 10.1 Å². The molecule has 0 saturated carbocycles. The van der Waals surface area contributed by atoms with Gasteiger partial charge in [-0.15, -0.1) is 0 Å². The fourth-order valence-electron chi connectivity index (χ4n) is 3.98. The Balaban J connectivity index is 1.94. The summed E-state index contributed by atoms with van der Waals surface area (Å²) in [7, 11) is 1.42. The molecule has 0 aliphatic carbocycles. The first-order valence-electron chi connectivity index (χ1n) is 8.89. The van der Waals surface area contributed by atoms with Crippen molar-refractivity contribution in [2.45, 2.75) is 0 Å². The lowest BCUT2D eigenvalue weighted by Gasteiger charge is -2.12. The summed E-state index contributed by atoms with van der Waals surface area (Å²) in [4.78, 5) is 39.3. The summed E-state index contributed by atoms with van der Waals surface area (Å²) < 4.78 is 5.36. The summed E-state index contributed by atoms with van der Waals surface area (Å²) >= 11 is 0. The van der Waals surface area contributed by atoms with Crippen LogP contribution in [-0.4, -0.2) is 33.9 Å². The summed E-state index contributed by atoms with van der Waals surface area (Å²) in [6.07, 6.45) is 0. The van der Waals surface area contributed by atoms with E-state index in [4.69, 9.17) is 4.74 Å². The fourth-order valence-corrected chi connectivity index (χ4v) is 3.98. The molecule has 148 valence electrons. The van der Waals surface area contributed by atoms with Gasteiger partial charge in [-0.05, 0) is 30.3 Å². The van der Waals surface area contributed by atoms with Crippen LogP contribution in [0.1, 0.15) is 20.7 Å². The molecule has 9 nitrogen and oxygen atoms in total. The first kappa shape index (κ1) is 17.7. The van der Waals surface area contributed by atoms with Crippen molar-refractivity contribution in [3.8, 4) is 22.6 Å². The number of carbonyl (C=O) groups is 2. The van der Waals surface area contributed by atoms with Crippen molar-refractivity contribution in [2.24, 2.45) is 0 Å². The Hall–Kier alpha value is -4.40. The van der Waals surface area contributed by atoms with Crippen LogP contribution in [0.3, 0.4) is 0 Å². The molecule has 1 aliphatic rings. The molecule has 9 heteroatoms. The number of imide groups is 1. The number of hydrogen-bond acceptors (Lipinski definition) is 6. The lowest BCUT2D eigenvalue weighted by molar-refractivity contribution is -0.384. The summed E-state index contributed by atoms with van der Waals surface area (Å²) in [6.45, 7) is 0. The number of ether oxygens (including phenoxy) is 1. The molecule has 0 fully saturated rings. The molecule has 0 radical (unpaired) electrons. The summed E-state index contributed by atoms with van der Waals surface area (Å²) in [5.74, 6) is -0.834. The van der Waals surface area contributed by atoms with Crippen molar-refractivity contribution < 1.29 is 24.4 Å². The molecule has 0 bridgehead atoms. The number of non-ortho nitro benzene ring substituents is 1. The van der Waals surface area contributed by atoms with Crippen LogP contribution in [0.2, 0.25) is 0 Å². The Morgan fingerprint density at radius 1 is 0.967 bits per heavy atom. The highest BCUT2D eigenvalue weighted by atomic mass is 16.6. The van der Waals surface area contributed by atoms with E-state index in [9.17, 15) is 24.8 Å². The average molecular weight is 403 g/mol. The number of carbonyl (C=O) groups excluding carboxylic acids is 2. The van der Waals surface area contributed by atoms with Crippen LogP contribution in [-0.2, 0) is 0 Å². The molecule has 2 amide bonds. The van der Waals surface area contributed by atoms with Gasteiger partial charge in [0.25, 0.3) is 17.5 Å². The molecule has 30 heavy (non-hydrogen) atoms. The maximum Gasteiger partial charge on any atom is 0.270 e. The molecule has 1 aliphatic heterocycles. The Morgan fingerprint density at radius 2 is 1.73 bits per heavy atom. The topological polar surface area (TPSA) is 135 Å². The van der Waals surface area contributed by atoms with Gasteiger partial charge in [0, 0.05) is 45.1 Å². The summed E-state index contributed by atoms with van der Waals surface area (Å²) in [5, 5.41) is 24.6. The van der Waals surface area contributed by atoms with Crippen LogP contribution in [0.5, 0.6) is 11.5 Å². The maximum atomic E-state index is 12.7. The first-order valence-corrected chi connectivity index (χ1v) is 8.89. The van der Waals surface area contributed by atoms with Gasteiger partial charge in [0.15, 0.2) is 0 Å². The number of fused-ring (bicyclic) bond motifs is 5. The van der Waals surface area contributed by atoms with Crippen molar-refractivity contribution in [3.05, 3.63) is 63.7 Å². The Kier molecular flexibility index (Phi) is 3.56. The van der Waals surface area contributed by atoms with E-state index in [1.807, 2.05) is 0 Å². The number of methoxy groups -OCH3 is 1. The number of amides is 2. The van der Waals surface area contributed by atoms with E-state index in [2.05, 4.69) is 10.3 Å². The molecule has 3 N–H and O–H groups in total. The summed E-state index contributed by atoms with van der Waals surface area (Å²) in [6, 6.07) is 10.4. The van der Waals surface area contributed by atoms with Gasteiger partial charge in [-0.3, -0.25) is 25.0 Å². The zero-order chi connectivity index (χ0) is 21.2. The van der Waals surface area contributed by atoms with Crippen molar-refractivity contribution in [2.75, 3.05) is 7.11 Å². The number of nitro benzene ring substituents is 1. The number of benzene rings is 3. The van der Waals surface area contributed by atoms with Gasteiger partial charge in [0.05, 0.1) is 23.2 Å². The molecule has 0 atom stereocenters. The molecule has 0 unspecified atom stereocenters. The van der Waals surface area contributed by atoms with Gasteiger partial charge in [0.1, 0.15) is 11.5 Å². The van der Waals surface area contributed by atoms with E-state index in [1.54, 1.807) is 12.1 Å². The van der Waals surface area contributed by atoms with Crippen LogP contribution in [0.4, 0.5) is 5.69 Å². The van der Waals surface area contributed by atoms with Crippen molar-refractivity contribution in [1.82, 2.24) is 10.3 Å². The highest BCUT2D eigenvalue weighted by Crippen LogP contribution is 2.42. The van der Waals surface area contributed by atoms with Crippen LogP contribution >= 0.6 is 0 Å². The number of rotatable bonds is 3. The second kappa shape index (κ2) is 6.05. The Morgan fingerprint density at radius 3 is 2.47 bits per heavy atom. The van der Waals surface area contributed by atoms with Crippen LogP contribution in [0.15, 0.2) is 42.5 Å². The predicted molar refractivity (Wildman–Crippen MR) is 108 cm³/mol. The zero-order valence-electron chi connectivity index (χ0n) is 15.5. The van der Waals surface area contributed by atoms with E-state index in [0.717, 1.165) is 0 Å². The normalized spacial score (nSPS) is 13.0. The number of H-pyrrole nitrogens is 1. The largest absolute Gasteiger partial charge is 0.508 e. The third kappa shape index (κ3) is 2.35. The van der Waals surface area contributed by atoms with Gasteiger partial charge >= 0.3 is 0 Å². The molecular weight excluding hydrogens is 390 g/mol. The molecule has 2 heterocycles. The average Bonchev–Trinajstić information content (AvgIpc) is 3.23. The number of aromatic amines is 1. The van der Waals surface area contributed by atoms with Crippen molar-refractivity contribution in [1.29, 1.82) is 0 Å². The van der Waals surface area contributed by atoms with Gasteiger partial charge < -0.3 is 14.8 Å². The third-order valence-electron chi connectivity index (χ3n) is 5.23. The first-order chi connectivity index (χ1) is 14.4. The van der Waals surface area contributed by atoms with Crippen LogP contribution < -0.4 is 10.1 Å². The maximum absolute atomic E-state index is 12.7. The SMILES string of the molecule is COc1ccc([N+](=O)[O-])cc1-c1cc2[nH]c3ccc(O)cc3c2c2c1C(=O)NC2=O. The van der Waals surface area contributed by atoms with Crippen molar-refractivity contribution in [3.63, 3.8) is 0 Å². The minimum absolute atomic E-state index is 0.0197. The highest BCUT2D eigenvalue weighted by molar-refractivity contribution is 6.32. The lowest BCUT2D eigenvalue weighted by Crippen LogP contribution is -2.20. The van der Waals surface area contributed by atoms with E-state index in [-0.39, 0.29) is 22.6 Å². The molecule has 4 aromatic rings. The number of hydrogen-bond donors (Lipinski definition) is 3. The van der Waals surface area contributed by atoms with E-state index in [1.165, 1.54) is 37.4 Å². The number of phenolic OH excluding ortho intramolecular Hbond substituents is 1. The van der Waals surface area contributed by atoms with Gasteiger partial charge in [0.2, 0.25) is 0 Å². The Labute approximate surface area is 168 Å². The van der Waals surface area contributed by atoms with Crippen LogP contribution in [0.25, 0.3) is 32.9 Å². The quantitative estimate of drug-likeness (QED) is 0.272. The molecule has 1 aromatic heterocycles. The number of aromatic nitrogens is 1. The molecule has 5 rings (SSSR count). The molecule has 0 saturated heterocycles. The van der Waals surface area contributed by atoms with Crippen molar-refractivity contribution >= 4 is 39.3 Å². The molecule has 3 aromatic carbocycles. The number of nitrogens with zero attached hydrogens (tertiary/aromatic N) is 1. The highest BCUT2D eigenvalue weighted by Gasteiger charge is 2.34. The van der Waals surface area contributed by atoms with Gasteiger partial charge in [-0.1, -0.05) is 0 Å². The fraction of sp³-hybridized carbons (Fsp3) is 0.0476. The second-order valence-corrected chi connectivity index (χ2v) is 6.88. The van der Waals surface area contributed by atoms with Gasteiger partial charge in [-0.25, -0.2) is 0 Å². The number of nitro groups is 1.